The van der Waals surface area contributed by atoms with Crippen LogP contribution in [0.15, 0.2) is 174 Å². The van der Waals surface area contributed by atoms with E-state index in [0.717, 1.165) is 0 Å². The third kappa shape index (κ3) is 4.09. The number of furan rings is 1. The van der Waals surface area contributed by atoms with Crippen molar-refractivity contribution in [3.8, 4) is 44.5 Å². The summed E-state index contributed by atoms with van der Waals surface area (Å²) in [5.41, 5.74) is -3.16. The second-order valence-electron chi connectivity index (χ2n) is 9.84. The minimum atomic E-state index is -0.821. The molecule has 0 radical (unpaired) electrons. The molecular weight excluding hydrogens is 544 g/mol. The van der Waals surface area contributed by atoms with Gasteiger partial charge >= 0.3 is 0 Å². The molecule has 45 heavy (non-hydrogen) atoms. The predicted octanol–water partition coefficient (Wildman–Crippen LogP) is 12.6. The molecule has 0 N–H and O–H groups in total. The second-order valence-corrected chi connectivity index (χ2v) is 9.84. The van der Waals surface area contributed by atoms with E-state index in [0.29, 0.717) is 0 Å². The van der Waals surface area contributed by atoms with Crippen molar-refractivity contribution >= 4 is 43.5 Å². The standard InChI is InChI=1S/C44H28O/c1-3-13-29(14-4-1)34-22-11-23-39-43-33(21-12-24-40(43)45-44(34)39)30-25-27-32(28-26-30)42-37-19-9-7-17-35(37)41(31-15-5-2-6-16-31)36-18-8-10-20-38(36)42/h1-28H/i1D,2D,3D,4D,5D,6D,7D,8D,9D,10D,11D,12D,13D,14D,15D,16D,17D,18D,19D,20D,21D,22D,23D,24D. The Bertz CT molecular complexity index is 3740. The Labute approximate surface area is 295 Å². The fourth-order valence-electron chi connectivity index (χ4n) is 5.59. The van der Waals surface area contributed by atoms with Gasteiger partial charge in [0.25, 0.3) is 0 Å². The summed E-state index contributed by atoms with van der Waals surface area (Å²) in [6.45, 7) is 0. The number of fused-ring (bicyclic) bond motifs is 5. The highest BCUT2D eigenvalue weighted by Crippen LogP contribution is 2.45. The number of benzene rings is 8. The zero-order chi connectivity index (χ0) is 50.6. The molecule has 0 atom stereocenters. The molecule has 210 valence electrons. The molecule has 0 saturated heterocycles. The van der Waals surface area contributed by atoms with Gasteiger partial charge in [0.2, 0.25) is 0 Å². The molecule has 9 aromatic rings. The van der Waals surface area contributed by atoms with Crippen LogP contribution in [0.5, 0.6) is 0 Å². The molecule has 0 bridgehead atoms. The van der Waals surface area contributed by atoms with Gasteiger partial charge in [-0.2, -0.15) is 0 Å². The van der Waals surface area contributed by atoms with Crippen molar-refractivity contribution in [3.63, 3.8) is 0 Å². The summed E-state index contributed by atoms with van der Waals surface area (Å²) in [4.78, 5) is 0. The molecule has 1 heteroatoms. The Balaban J connectivity index is 1.42. The zero-order valence-electron chi connectivity index (χ0n) is 46.7. The van der Waals surface area contributed by atoms with E-state index < -0.39 is 189 Å². The average Bonchev–Trinajstić information content (AvgIpc) is 3.73. The van der Waals surface area contributed by atoms with E-state index in [2.05, 4.69) is 0 Å². The largest absolute Gasteiger partial charge is 0.455 e. The van der Waals surface area contributed by atoms with Gasteiger partial charge in [-0.15, -0.1) is 0 Å². The van der Waals surface area contributed by atoms with Crippen molar-refractivity contribution < 1.29 is 37.3 Å². The van der Waals surface area contributed by atoms with Crippen molar-refractivity contribution in [3.05, 3.63) is 169 Å². The van der Waals surface area contributed by atoms with Crippen molar-refractivity contribution in [2.45, 2.75) is 0 Å². The number of hydrogen-bond acceptors (Lipinski definition) is 1. The molecule has 8 aromatic carbocycles. The van der Waals surface area contributed by atoms with Crippen molar-refractivity contribution in [1.29, 1.82) is 0 Å². The zero-order valence-corrected chi connectivity index (χ0v) is 22.7. The molecule has 0 amide bonds. The molecule has 0 saturated carbocycles. The predicted molar refractivity (Wildman–Crippen MR) is 190 cm³/mol. The van der Waals surface area contributed by atoms with E-state index in [9.17, 15) is 5.48 Å². The Morgan fingerprint density at radius 3 is 1.44 bits per heavy atom. The normalized spacial score (nSPS) is 19.0. The summed E-state index contributed by atoms with van der Waals surface area (Å²) < 4.78 is 216. The maximum Gasteiger partial charge on any atom is 0.143 e. The highest BCUT2D eigenvalue weighted by molar-refractivity contribution is 6.21. The fraction of sp³-hybridized carbons (Fsp3) is 0. The van der Waals surface area contributed by atoms with Gasteiger partial charge in [0, 0.05) is 16.3 Å². The number of hydrogen-bond donors (Lipinski definition) is 0. The topological polar surface area (TPSA) is 13.1 Å². The van der Waals surface area contributed by atoms with E-state index in [-0.39, 0.29) is 43.8 Å². The maximum absolute atomic E-state index is 9.23. The first-order valence-corrected chi connectivity index (χ1v) is 13.5. The van der Waals surface area contributed by atoms with Gasteiger partial charge in [-0.25, -0.2) is 0 Å². The molecule has 0 unspecified atom stereocenters. The van der Waals surface area contributed by atoms with Crippen molar-refractivity contribution in [2.75, 3.05) is 0 Å². The summed E-state index contributed by atoms with van der Waals surface area (Å²) >= 11 is 0. The number of para-hydroxylation sites is 1. The molecule has 9 rings (SSSR count). The van der Waals surface area contributed by atoms with Crippen LogP contribution in [0.4, 0.5) is 0 Å². The summed E-state index contributed by atoms with van der Waals surface area (Å²) in [5, 5.41) is -2.03. The molecular formula is C44H28O. The SMILES string of the molecule is [2H]c1c([2H])c([2H])c(-c2c([2H])c([2H])c([2H])c3c2oc2c([2H])c([2H])c([2H])c(-c4ccc(-c5c6c([2H])c([2H])c([2H])c([2H])c6c(-c6c([2H])c([2H])c([2H])c([2H])c6[2H])c6c([2H])c([2H])c([2H])c([2H])c56)cc4)c23)c([2H])c1[2H]. The van der Waals surface area contributed by atoms with Gasteiger partial charge in [-0.3, -0.25) is 0 Å². The first-order chi connectivity index (χ1) is 32.3. The fourth-order valence-corrected chi connectivity index (χ4v) is 5.59. The highest BCUT2D eigenvalue weighted by Gasteiger charge is 2.18. The van der Waals surface area contributed by atoms with Gasteiger partial charge in [0.1, 0.15) is 11.2 Å². The Hall–Kier alpha value is -5.92. The van der Waals surface area contributed by atoms with Crippen LogP contribution >= 0.6 is 0 Å². The molecule has 0 fully saturated rings. The van der Waals surface area contributed by atoms with Gasteiger partial charge in [-0.05, 0) is 66.5 Å². The molecule has 0 aliphatic heterocycles. The lowest BCUT2D eigenvalue weighted by atomic mass is 9.85. The van der Waals surface area contributed by atoms with Crippen LogP contribution in [0.1, 0.15) is 32.9 Å². The second kappa shape index (κ2) is 10.4. The minimum Gasteiger partial charge on any atom is -0.455 e. The summed E-state index contributed by atoms with van der Waals surface area (Å²) in [6, 6.07) is -12.6. The monoisotopic (exact) mass is 596 g/mol. The average molecular weight is 597 g/mol. The third-order valence-corrected chi connectivity index (χ3v) is 7.46. The molecule has 1 aromatic heterocycles. The lowest BCUT2D eigenvalue weighted by Gasteiger charge is -2.18. The highest BCUT2D eigenvalue weighted by atomic mass is 16.3. The van der Waals surface area contributed by atoms with Gasteiger partial charge < -0.3 is 4.42 Å². The molecule has 1 nitrogen and oxygen atoms in total. The van der Waals surface area contributed by atoms with E-state index in [4.69, 9.17) is 31.8 Å². The van der Waals surface area contributed by atoms with Crippen LogP contribution in [0.25, 0.3) is 88.0 Å². The van der Waals surface area contributed by atoms with Gasteiger partial charge in [-0.1, -0.05) is 163 Å². The van der Waals surface area contributed by atoms with E-state index >= 15 is 0 Å². The lowest BCUT2D eigenvalue weighted by molar-refractivity contribution is 0.670. The first kappa shape index (κ1) is 11.2. The summed E-state index contributed by atoms with van der Waals surface area (Å²) in [7, 11) is 0. The summed E-state index contributed by atoms with van der Waals surface area (Å²) in [5.74, 6) is 0. The van der Waals surface area contributed by atoms with Crippen LogP contribution < -0.4 is 0 Å². The van der Waals surface area contributed by atoms with Crippen LogP contribution in [0, 0.1) is 0 Å². The minimum absolute atomic E-state index is 0.0383. The third-order valence-electron chi connectivity index (χ3n) is 7.46. The summed E-state index contributed by atoms with van der Waals surface area (Å²) in [6.07, 6.45) is 0. The maximum atomic E-state index is 9.23. The van der Waals surface area contributed by atoms with E-state index in [1.807, 2.05) is 0 Å². The van der Waals surface area contributed by atoms with Crippen LogP contribution in [0.2, 0.25) is 0 Å². The lowest BCUT2D eigenvalue weighted by Crippen LogP contribution is -1.90. The first-order valence-electron chi connectivity index (χ1n) is 25.5. The molecule has 0 aliphatic carbocycles. The van der Waals surface area contributed by atoms with Crippen molar-refractivity contribution in [1.82, 2.24) is 0 Å². The molecule has 0 aliphatic rings. The smallest absolute Gasteiger partial charge is 0.143 e. The quantitative estimate of drug-likeness (QED) is 0.184. The van der Waals surface area contributed by atoms with Crippen LogP contribution in [-0.2, 0) is 0 Å². The van der Waals surface area contributed by atoms with E-state index in [1.54, 1.807) is 0 Å². The van der Waals surface area contributed by atoms with Crippen molar-refractivity contribution in [2.24, 2.45) is 0 Å². The van der Waals surface area contributed by atoms with Crippen LogP contribution in [0.3, 0.4) is 0 Å². The molecule has 0 spiro atoms. The molecule has 1 heterocycles. The Morgan fingerprint density at radius 1 is 0.356 bits per heavy atom. The van der Waals surface area contributed by atoms with Gasteiger partial charge in [0.05, 0.1) is 32.9 Å². The van der Waals surface area contributed by atoms with E-state index in [1.165, 1.54) is 24.3 Å². The Morgan fingerprint density at radius 2 is 0.822 bits per heavy atom. The van der Waals surface area contributed by atoms with Crippen LogP contribution in [-0.4, -0.2) is 0 Å². The number of rotatable bonds is 4. The Kier molecular flexibility index (Phi) is 2.58. The van der Waals surface area contributed by atoms with Gasteiger partial charge in [0.15, 0.2) is 0 Å².